The Hall–Kier alpha value is -0.0457. The molecule has 0 saturated carbocycles. The zero-order valence-electron chi connectivity index (χ0n) is 12.7. The molecule has 21 heavy (non-hydrogen) atoms. The number of allylic oxidation sites excluding steroid dienone is 4. The molecule has 0 heterocycles. The van der Waals surface area contributed by atoms with E-state index in [0.717, 1.165) is 19.5 Å². The van der Waals surface area contributed by atoms with E-state index in [1.807, 2.05) is 0 Å². The second kappa shape index (κ2) is 12.5. The van der Waals surface area contributed by atoms with Crippen LogP contribution in [-0.2, 0) is 28.3 Å². The largest absolute Gasteiger partial charge is 3.00 e. The zero-order chi connectivity index (χ0) is 12.8. The first-order valence-electron chi connectivity index (χ1n) is 6.90. The van der Waals surface area contributed by atoms with Gasteiger partial charge in [-0.05, 0) is 30.1 Å². The van der Waals surface area contributed by atoms with Crippen LogP contribution in [0, 0.1) is 0 Å². The molecule has 0 bridgehead atoms. The van der Waals surface area contributed by atoms with E-state index in [1.165, 1.54) is 35.1 Å². The van der Waals surface area contributed by atoms with Gasteiger partial charge in [0, 0.05) is 0 Å². The molecule has 1 aromatic rings. The van der Waals surface area contributed by atoms with Crippen LogP contribution in [0.1, 0.15) is 44.2 Å². The summed E-state index contributed by atoms with van der Waals surface area (Å²) in [4.78, 5) is 0. The number of halogens is 2. The minimum atomic E-state index is 0. The molecule has 4 heteroatoms. The van der Waals surface area contributed by atoms with E-state index in [1.54, 1.807) is 0 Å². The Kier molecular flexibility index (Phi) is 13.8. The van der Waals surface area contributed by atoms with Crippen molar-refractivity contribution in [3.8, 4) is 0 Å². The van der Waals surface area contributed by atoms with Crippen LogP contribution in [0.5, 0.6) is 0 Å². The summed E-state index contributed by atoms with van der Waals surface area (Å²) in [6, 6.07) is 8.69. The molecule has 0 spiro atoms. The van der Waals surface area contributed by atoms with E-state index < -0.39 is 0 Å². The molecule has 1 radical (unpaired) electrons. The number of hydrogen-bond donors (Lipinski definition) is 0. The molecule has 1 aliphatic rings. The standard InChI is InChI=1S/C17H22N.2ClH.Ti/c1-3-4-12-18-13-15-9-5-6-10-17(15)16-11-7-8-14(16)2;;;/h5-10H,3-4,11-13H2,1-2H3;2*1H;/q-1;;;+3/p-2. The first-order valence-corrected chi connectivity index (χ1v) is 6.90. The Labute approximate surface area is 156 Å². The van der Waals surface area contributed by atoms with Gasteiger partial charge in [0.05, 0.1) is 0 Å². The maximum Gasteiger partial charge on any atom is 3.00 e. The smallest absolute Gasteiger partial charge is 1.00 e. The fraction of sp³-hybridized carbons (Fsp3) is 0.412. The van der Waals surface area contributed by atoms with Gasteiger partial charge in [0.2, 0.25) is 0 Å². The predicted octanol–water partition coefficient (Wildman–Crippen LogP) is -0.901. The third-order valence-corrected chi connectivity index (χ3v) is 3.46. The Morgan fingerprint density at radius 2 is 1.86 bits per heavy atom. The molecule has 0 unspecified atom stereocenters. The van der Waals surface area contributed by atoms with E-state index in [2.05, 4.69) is 55.6 Å². The Morgan fingerprint density at radius 1 is 1.14 bits per heavy atom. The van der Waals surface area contributed by atoms with Crippen LogP contribution in [0.2, 0.25) is 0 Å². The topological polar surface area (TPSA) is 14.1 Å². The van der Waals surface area contributed by atoms with Crippen molar-refractivity contribution in [2.24, 2.45) is 0 Å². The molecule has 0 atom stereocenters. The summed E-state index contributed by atoms with van der Waals surface area (Å²) in [6.45, 7) is 6.25. The molecule has 0 amide bonds. The molecule has 113 valence electrons. The third-order valence-electron chi connectivity index (χ3n) is 3.46. The molecule has 0 N–H and O–H groups in total. The van der Waals surface area contributed by atoms with Crippen molar-refractivity contribution in [3.63, 3.8) is 0 Å². The summed E-state index contributed by atoms with van der Waals surface area (Å²) < 4.78 is 0. The summed E-state index contributed by atoms with van der Waals surface area (Å²) in [6.07, 6.45) is 7.96. The monoisotopic (exact) mass is 358 g/mol. The number of unbranched alkanes of at least 4 members (excludes halogenated alkanes) is 1. The van der Waals surface area contributed by atoms with Crippen LogP contribution in [0.3, 0.4) is 0 Å². The quantitative estimate of drug-likeness (QED) is 0.462. The van der Waals surface area contributed by atoms with Crippen molar-refractivity contribution in [1.82, 2.24) is 0 Å². The van der Waals surface area contributed by atoms with Crippen LogP contribution in [-0.4, -0.2) is 6.54 Å². The number of nitrogens with zero attached hydrogens (tertiary/aromatic N) is 1. The average Bonchev–Trinajstić information content (AvgIpc) is 2.81. The van der Waals surface area contributed by atoms with Gasteiger partial charge >= 0.3 is 21.7 Å². The zero-order valence-corrected chi connectivity index (χ0v) is 15.8. The van der Waals surface area contributed by atoms with E-state index >= 15 is 0 Å². The average molecular weight is 359 g/mol. The van der Waals surface area contributed by atoms with Crippen molar-refractivity contribution < 1.29 is 46.5 Å². The van der Waals surface area contributed by atoms with Crippen molar-refractivity contribution in [1.29, 1.82) is 0 Å². The SMILES string of the molecule is CCCC[N-]Cc1ccccc1C1=C(C)C=CC1.[Cl-].[Cl-].[Ti+3]. The van der Waals surface area contributed by atoms with E-state index in [0.29, 0.717) is 0 Å². The van der Waals surface area contributed by atoms with Gasteiger partial charge in [0.25, 0.3) is 0 Å². The molecular formula is C17H22Cl2NTi. The first-order chi connectivity index (χ1) is 8.83. The third kappa shape index (κ3) is 6.71. The molecule has 1 nitrogen and oxygen atoms in total. The molecule has 0 fully saturated rings. The second-order valence-electron chi connectivity index (χ2n) is 4.88. The van der Waals surface area contributed by atoms with E-state index in [-0.39, 0.29) is 46.5 Å². The van der Waals surface area contributed by atoms with Gasteiger partial charge < -0.3 is 30.1 Å². The van der Waals surface area contributed by atoms with Gasteiger partial charge in [-0.1, -0.05) is 61.7 Å². The van der Waals surface area contributed by atoms with E-state index in [4.69, 9.17) is 0 Å². The fourth-order valence-electron chi connectivity index (χ4n) is 2.36. The predicted molar refractivity (Wildman–Crippen MR) is 79.6 cm³/mol. The van der Waals surface area contributed by atoms with Gasteiger partial charge in [0.15, 0.2) is 0 Å². The Morgan fingerprint density at radius 3 is 2.48 bits per heavy atom. The summed E-state index contributed by atoms with van der Waals surface area (Å²) in [7, 11) is 0. The molecule has 0 aliphatic heterocycles. The minimum Gasteiger partial charge on any atom is -1.00 e. The van der Waals surface area contributed by atoms with Crippen LogP contribution in [0.4, 0.5) is 0 Å². The van der Waals surface area contributed by atoms with Gasteiger partial charge in [0.1, 0.15) is 0 Å². The van der Waals surface area contributed by atoms with Gasteiger partial charge in [-0.3, -0.25) is 0 Å². The molecule has 0 saturated heterocycles. The van der Waals surface area contributed by atoms with Gasteiger partial charge in [-0.2, -0.15) is 0 Å². The van der Waals surface area contributed by atoms with Crippen molar-refractivity contribution >= 4 is 5.57 Å². The van der Waals surface area contributed by atoms with Crippen LogP contribution < -0.4 is 24.8 Å². The summed E-state index contributed by atoms with van der Waals surface area (Å²) in [5.41, 5.74) is 5.62. The molecule has 1 aliphatic carbocycles. The van der Waals surface area contributed by atoms with Crippen LogP contribution in [0.25, 0.3) is 10.9 Å². The Balaban J connectivity index is 0. The molecular weight excluding hydrogens is 337 g/mol. The second-order valence-corrected chi connectivity index (χ2v) is 4.88. The summed E-state index contributed by atoms with van der Waals surface area (Å²) in [5.74, 6) is 0. The molecule has 1 aromatic carbocycles. The van der Waals surface area contributed by atoms with Crippen molar-refractivity contribution in [2.45, 2.75) is 39.7 Å². The normalized spacial score (nSPS) is 12.5. The molecule has 2 rings (SSSR count). The maximum absolute atomic E-state index is 4.65. The van der Waals surface area contributed by atoms with Crippen molar-refractivity contribution in [2.75, 3.05) is 6.54 Å². The van der Waals surface area contributed by atoms with E-state index in [9.17, 15) is 0 Å². The Bertz CT molecular complexity index is 470. The fourth-order valence-corrected chi connectivity index (χ4v) is 2.36. The minimum absolute atomic E-state index is 0. The van der Waals surface area contributed by atoms with Crippen molar-refractivity contribution in [3.05, 3.63) is 58.4 Å². The number of rotatable bonds is 6. The first kappa shape index (κ1) is 23.2. The number of hydrogen-bond acceptors (Lipinski definition) is 0. The molecule has 0 aromatic heterocycles. The summed E-state index contributed by atoms with van der Waals surface area (Å²) in [5, 5.41) is 4.65. The summed E-state index contributed by atoms with van der Waals surface area (Å²) >= 11 is 0. The van der Waals surface area contributed by atoms with Gasteiger partial charge in [-0.25, -0.2) is 0 Å². The number of benzene rings is 1. The van der Waals surface area contributed by atoms with Crippen LogP contribution >= 0.6 is 0 Å². The van der Waals surface area contributed by atoms with Gasteiger partial charge in [-0.15, -0.1) is 13.1 Å². The maximum atomic E-state index is 4.65. The van der Waals surface area contributed by atoms with Crippen LogP contribution in [0.15, 0.2) is 42.0 Å².